The van der Waals surface area contributed by atoms with Crippen molar-refractivity contribution in [2.45, 2.75) is 51.0 Å². The lowest BCUT2D eigenvalue weighted by molar-refractivity contribution is -0.143. The second-order valence-electron chi connectivity index (χ2n) is 5.49. The molecule has 1 aliphatic heterocycles. The summed E-state index contributed by atoms with van der Waals surface area (Å²) >= 11 is 0. The number of hydrogen-bond acceptors (Lipinski definition) is 2. The zero-order valence-corrected chi connectivity index (χ0v) is 10.1. The predicted octanol–water partition coefficient (Wildman–Crippen LogP) is 2.27. The van der Waals surface area contributed by atoms with Crippen molar-refractivity contribution >= 4 is 11.8 Å². The van der Waals surface area contributed by atoms with Crippen molar-refractivity contribution in [1.29, 1.82) is 0 Å². The maximum Gasteiger partial charge on any atom is 0.233 e. The monoisotopic (exact) mass is 233 g/mol. The van der Waals surface area contributed by atoms with Gasteiger partial charge in [0.15, 0.2) is 0 Å². The van der Waals surface area contributed by atoms with Gasteiger partial charge in [-0.15, -0.1) is 0 Å². The molecule has 0 radical (unpaired) electrons. The predicted molar refractivity (Wildman–Crippen MR) is 64.1 cm³/mol. The topological polar surface area (TPSA) is 37.4 Å². The fraction of sp³-hybridized carbons (Fsp3) is 0.714. The molecule has 3 rings (SSSR count). The SMILES string of the molecule is O=C1C2CC=CCC2C(=O)N1C1CCCCC1. The Hall–Kier alpha value is -1.12. The van der Waals surface area contributed by atoms with Crippen LogP contribution in [-0.4, -0.2) is 22.8 Å². The van der Waals surface area contributed by atoms with Crippen LogP contribution in [0.25, 0.3) is 0 Å². The third-order valence-corrected chi connectivity index (χ3v) is 4.48. The normalized spacial score (nSPS) is 34.2. The van der Waals surface area contributed by atoms with Crippen LogP contribution in [0.5, 0.6) is 0 Å². The molecular weight excluding hydrogens is 214 g/mol. The third-order valence-electron chi connectivity index (χ3n) is 4.48. The molecule has 2 aliphatic carbocycles. The zero-order chi connectivity index (χ0) is 11.8. The van der Waals surface area contributed by atoms with Gasteiger partial charge in [0.2, 0.25) is 11.8 Å². The van der Waals surface area contributed by atoms with Gasteiger partial charge in [-0.3, -0.25) is 14.5 Å². The number of likely N-dealkylation sites (tertiary alicyclic amines) is 1. The van der Waals surface area contributed by atoms with Gasteiger partial charge in [-0.2, -0.15) is 0 Å². The van der Waals surface area contributed by atoms with Crippen LogP contribution < -0.4 is 0 Å². The average Bonchev–Trinajstić information content (AvgIpc) is 2.64. The standard InChI is InChI=1S/C14H19NO2/c16-13-11-8-4-5-9-12(11)14(17)15(13)10-6-2-1-3-7-10/h4-5,10-12H,1-3,6-9H2. The molecule has 0 spiro atoms. The van der Waals surface area contributed by atoms with Crippen molar-refractivity contribution in [3.63, 3.8) is 0 Å². The van der Waals surface area contributed by atoms with Crippen LogP contribution in [0.1, 0.15) is 44.9 Å². The molecule has 2 amide bonds. The van der Waals surface area contributed by atoms with Crippen molar-refractivity contribution in [3.05, 3.63) is 12.2 Å². The second kappa shape index (κ2) is 4.28. The van der Waals surface area contributed by atoms with Crippen molar-refractivity contribution in [2.75, 3.05) is 0 Å². The van der Waals surface area contributed by atoms with Gasteiger partial charge in [-0.1, -0.05) is 31.4 Å². The third kappa shape index (κ3) is 1.72. The molecule has 1 saturated carbocycles. The smallest absolute Gasteiger partial charge is 0.233 e. The lowest BCUT2D eigenvalue weighted by Gasteiger charge is -2.29. The summed E-state index contributed by atoms with van der Waals surface area (Å²) < 4.78 is 0. The minimum absolute atomic E-state index is 0.0468. The quantitative estimate of drug-likeness (QED) is 0.514. The first-order chi connectivity index (χ1) is 8.29. The lowest BCUT2D eigenvalue weighted by atomic mass is 9.85. The minimum atomic E-state index is -0.0468. The van der Waals surface area contributed by atoms with E-state index in [0.29, 0.717) is 0 Å². The van der Waals surface area contributed by atoms with Crippen LogP contribution >= 0.6 is 0 Å². The molecule has 3 aliphatic rings. The molecule has 0 aromatic rings. The molecule has 3 heteroatoms. The highest BCUT2D eigenvalue weighted by atomic mass is 16.2. The first-order valence-corrected chi connectivity index (χ1v) is 6.81. The van der Waals surface area contributed by atoms with E-state index in [4.69, 9.17) is 0 Å². The zero-order valence-electron chi connectivity index (χ0n) is 10.1. The summed E-state index contributed by atoms with van der Waals surface area (Å²) in [5.74, 6) is 0.122. The molecule has 0 N–H and O–H groups in total. The molecule has 92 valence electrons. The molecule has 1 saturated heterocycles. The van der Waals surface area contributed by atoms with Gasteiger partial charge in [0, 0.05) is 6.04 Å². The average molecular weight is 233 g/mol. The van der Waals surface area contributed by atoms with Crippen LogP contribution in [-0.2, 0) is 9.59 Å². The van der Waals surface area contributed by atoms with E-state index in [0.717, 1.165) is 38.5 Å². The summed E-state index contributed by atoms with van der Waals surface area (Å²) in [7, 11) is 0. The van der Waals surface area contributed by atoms with E-state index in [-0.39, 0.29) is 29.7 Å². The van der Waals surface area contributed by atoms with E-state index < -0.39 is 0 Å². The molecular formula is C14H19NO2. The maximum atomic E-state index is 12.3. The molecule has 0 bridgehead atoms. The Morgan fingerprint density at radius 3 is 1.94 bits per heavy atom. The van der Waals surface area contributed by atoms with Crippen LogP contribution in [0.3, 0.4) is 0 Å². The Kier molecular flexibility index (Phi) is 2.77. The van der Waals surface area contributed by atoms with Gasteiger partial charge < -0.3 is 0 Å². The fourth-order valence-electron chi connectivity index (χ4n) is 3.53. The van der Waals surface area contributed by atoms with Crippen molar-refractivity contribution in [1.82, 2.24) is 4.90 Å². The minimum Gasteiger partial charge on any atom is -0.279 e. The Bertz CT molecular complexity index is 342. The Labute approximate surface area is 102 Å². The summed E-state index contributed by atoms with van der Waals surface area (Å²) in [5, 5.41) is 0. The summed E-state index contributed by atoms with van der Waals surface area (Å²) in [4.78, 5) is 26.3. The Balaban J connectivity index is 1.81. The number of imide groups is 1. The van der Waals surface area contributed by atoms with Crippen LogP contribution in [0, 0.1) is 11.8 Å². The first-order valence-electron chi connectivity index (χ1n) is 6.81. The Morgan fingerprint density at radius 2 is 1.41 bits per heavy atom. The number of carbonyl (C=O) groups excluding carboxylic acids is 2. The van der Waals surface area contributed by atoms with E-state index in [9.17, 15) is 9.59 Å². The molecule has 17 heavy (non-hydrogen) atoms. The molecule has 2 atom stereocenters. The number of carbonyl (C=O) groups is 2. The van der Waals surface area contributed by atoms with Gasteiger partial charge >= 0.3 is 0 Å². The van der Waals surface area contributed by atoms with E-state index in [1.807, 2.05) is 0 Å². The highest BCUT2D eigenvalue weighted by Gasteiger charge is 2.49. The number of hydrogen-bond donors (Lipinski definition) is 0. The molecule has 0 aromatic heterocycles. The van der Waals surface area contributed by atoms with Crippen LogP contribution in [0.4, 0.5) is 0 Å². The van der Waals surface area contributed by atoms with Crippen LogP contribution in [0.15, 0.2) is 12.2 Å². The lowest BCUT2D eigenvalue weighted by Crippen LogP contribution is -2.41. The largest absolute Gasteiger partial charge is 0.279 e. The highest BCUT2D eigenvalue weighted by molar-refractivity contribution is 6.05. The van der Waals surface area contributed by atoms with Gasteiger partial charge in [-0.05, 0) is 25.7 Å². The van der Waals surface area contributed by atoms with Gasteiger partial charge in [-0.25, -0.2) is 0 Å². The van der Waals surface area contributed by atoms with Crippen molar-refractivity contribution in [2.24, 2.45) is 11.8 Å². The molecule has 2 fully saturated rings. The molecule has 3 nitrogen and oxygen atoms in total. The summed E-state index contributed by atoms with van der Waals surface area (Å²) in [6.45, 7) is 0. The van der Waals surface area contributed by atoms with Crippen LogP contribution in [0.2, 0.25) is 0 Å². The summed E-state index contributed by atoms with van der Waals surface area (Å²) in [6, 6.07) is 0.203. The number of amides is 2. The van der Waals surface area contributed by atoms with E-state index in [2.05, 4.69) is 12.2 Å². The summed E-state index contributed by atoms with van der Waals surface area (Å²) in [6.07, 6.45) is 11.2. The fourth-order valence-corrected chi connectivity index (χ4v) is 3.53. The second-order valence-corrected chi connectivity index (χ2v) is 5.49. The molecule has 2 unspecified atom stereocenters. The number of fused-ring (bicyclic) bond motifs is 1. The van der Waals surface area contributed by atoms with Crippen molar-refractivity contribution < 1.29 is 9.59 Å². The number of rotatable bonds is 1. The van der Waals surface area contributed by atoms with Gasteiger partial charge in [0.1, 0.15) is 0 Å². The highest BCUT2D eigenvalue weighted by Crippen LogP contribution is 2.38. The Morgan fingerprint density at radius 1 is 0.882 bits per heavy atom. The molecule has 1 heterocycles. The number of allylic oxidation sites excluding steroid dienone is 2. The van der Waals surface area contributed by atoms with Gasteiger partial charge in [0.25, 0.3) is 0 Å². The van der Waals surface area contributed by atoms with E-state index in [1.54, 1.807) is 4.90 Å². The van der Waals surface area contributed by atoms with E-state index >= 15 is 0 Å². The molecule has 0 aromatic carbocycles. The number of nitrogens with zero attached hydrogens (tertiary/aromatic N) is 1. The first kappa shape index (κ1) is 11.0. The summed E-state index contributed by atoms with van der Waals surface area (Å²) in [5.41, 5.74) is 0. The van der Waals surface area contributed by atoms with Gasteiger partial charge in [0.05, 0.1) is 11.8 Å². The van der Waals surface area contributed by atoms with Crippen molar-refractivity contribution in [3.8, 4) is 0 Å². The maximum absolute atomic E-state index is 12.3. The van der Waals surface area contributed by atoms with E-state index in [1.165, 1.54) is 6.42 Å².